The molecule has 1 atom stereocenters. The number of halogens is 3. The minimum atomic E-state index is -4.92. The predicted octanol–water partition coefficient (Wildman–Crippen LogP) is 2.63. The van der Waals surface area contributed by atoms with Crippen LogP contribution in [0.25, 0.3) is 0 Å². The number of nitrogens with zero attached hydrogens (tertiary/aromatic N) is 3. The van der Waals surface area contributed by atoms with Gasteiger partial charge >= 0.3 is 12.4 Å². The number of aromatic nitrogens is 3. The van der Waals surface area contributed by atoms with E-state index in [-0.39, 0.29) is 10.9 Å². The van der Waals surface area contributed by atoms with Crippen LogP contribution in [-0.2, 0) is 16.6 Å². The van der Waals surface area contributed by atoms with Gasteiger partial charge in [-0.1, -0.05) is 11.2 Å². The largest absolute Gasteiger partial charge is 0.573 e. The second-order valence-corrected chi connectivity index (χ2v) is 7.10. The highest BCUT2D eigenvalue weighted by Gasteiger charge is 2.32. The van der Waals surface area contributed by atoms with Crippen molar-refractivity contribution >= 4 is 10.0 Å². The Bertz CT molecular complexity index is 883. The average Bonchev–Trinajstić information content (AvgIpc) is 2.96. The van der Waals surface area contributed by atoms with Gasteiger partial charge in [-0.25, -0.2) is 13.1 Å². The summed E-state index contributed by atoms with van der Waals surface area (Å²) < 4.78 is 75.1. The van der Waals surface area contributed by atoms with Crippen LogP contribution in [0.2, 0.25) is 0 Å². The summed E-state index contributed by atoms with van der Waals surface area (Å²) in [6.45, 7) is 5.94. The third kappa shape index (κ3) is 5.32. The Morgan fingerprint density at radius 1 is 1.26 bits per heavy atom. The van der Waals surface area contributed by atoms with Gasteiger partial charge in [-0.2, -0.15) is 0 Å². The fourth-order valence-corrected chi connectivity index (χ4v) is 3.58. The van der Waals surface area contributed by atoms with Gasteiger partial charge in [-0.05, 0) is 32.9 Å². The molecule has 2 rings (SSSR count). The molecule has 0 bridgehead atoms. The van der Waals surface area contributed by atoms with E-state index in [1.54, 1.807) is 18.4 Å². The molecule has 1 heterocycles. The number of hydrogen-bond acceptors (Lipinski definition) is 6. The zero-order valence-electron chi connectivity index (χ0n) is 14.8. The molecular formula is C15H19F3N4O4S. The van der Waals surface area contributed by atoms with Crippen LogP contribution in [0.3, 0.4) is 0 Å². The maximum atomic E-state index is 12.5. The Kier molecular flexibility index (Phi) is 6.31. The van der Waals surface area contributed by atoms with Crippen LogP contribution in [0.5, 0.6) is 11.8 Å². The molecule has 0 fully saturated rings. The summed E-state index contributed by atoms with van der Waals surface area (Å²) in [5, 5.41) is 7.80. The first-order valence-corrected chi connectivity index (χ1v) is 9.49. The lowest BCUT2D eigenvalue weighted by atomic mass is 10.3. The van der Waals surface area contributed by atoms with E-state index in [0.29, 0.717) is 19.0 Å². The van der Waals surface area contributed by atoms with E-state index >= 15 is 0 Å². The Hall–Kier alpha value is -2.34. The second kappa shape index (κ2) is 8.13. The summed E-state index contributed by atoms with van der Waals surface area (Å²) in [6, 6.07) is 3.57. The monoisotopic (exact) mass is 408 g/mol. The van der Waals surface area contributed by atoms with Crippen LogP contribution >= 0.6 is 0 Å². The molecular weight excluding hydrogens is 389 g/mol. The van der Waals surface area contributed by atoms with Crippen molar-refractivity contribution in [1.29, 1.82) is 0 Å². The van der Waals surface area contributed by atoms with Crippen molar-refractivity contribution in [3.8, 4) is 11.8 Å². The SMILES string of the molecule is CCOc1nnc([C@@H](C)NS(=O)(=O)c2cccc(OC(F)(F)F)c2)n1CC. The first-order valence-electron chi connectivity index (χ1n) is 8.01. The van der Waals surface area contributed by atoms with Crippen LogP contribution in [0.1, 0.15) is 32.6 Å². The number of hydrogen-bond donors (Lipinski definition) is 1. The lowest BCUT2D eigenvalue weighted by Gasteiger charge is -2.16. The summed E-state index contributed by atoms with van der Waals surface area (Å²) in [4.78, 5) is -0.372. The third-order valence-electron chi connectivity index (χ3n) is 3.40. The molecule has 0 amide bonds. The fraction of sp³-hybridized carbons (Fsp3) is 0.467. The highest BCUT2D eigenvalue weighted by molar-refractivity contribution is 7.89. The molecule has 1 N–H and O–H groups in total. The minimum Gasteiger partial charge on any atom is -0.464 e. The Morgan fingerprint density at radius 2 is 1.96 bits per heavy atom. The smallest absolute Gasteiger partial charge is 0.464 e. The van der Waals surface area contributed by atoms with Gasteiger partial charge in [0.15, 0.2) is 5.82 Å². The van der Waals surface area contributed by atoms with Crippen molar-refractivity contribution in [1.82, 2.24) is 19.5 Å². The topological polar surface area (TPSA) is 95.3 Å². The quantitative estimate of drug-likeness (QED) is 0.722. The molecule has 0 spiro atoms. The summed E-state index contributed by atoms with van der Waals surface area (Å²) in [7, 11) is -4.13. The van der Waals surface area contributed by atoms with E-state index in [1.165, 1.54) is 0 Å². The molecule has 2 aromatic rings. The second-order valence-electron chi connectivity index (χ2n) is 5.38. The van der Waals surface area contributed by atoms with Crippen LogP contribution < -0.4 is 14.2 Å². The van der Waals surface area contributed by atoms with Gasteiger partial charge in [0.1, 0.15) is 5.75 Å². The molecule has 0 aliphatic rings. The van der Waals surface area contributed by atoms with Gasteiger partial charge < -0.3 is 9.47 Å². The highest BCUT2D eigenvalue weighted by Crippen LogP contribution is 2.26. The summed E-state index contributed by atoms with van der Waals surface area (Å²) in [5.74, 6) is -0.319. The molecule has 0 unspecified atom stereocenters. The molecule has 0 saturated heterocycles. The van der Waals surface area contributed by atoms with Gasteiger partial charge in [0.2, 0.25) is 10.0 Å². The van der Waals surface area contributed by atoms with Gasteiger partial charge in [-0.3, -0.25) is 4.57 Å². The number of rotatable bonds is 8. The standard InChI is InChI=1S/C15H19F3N4O4S/c1-4-22-13(19-20-14(22)25-5-2)10(3)21-27(23,24)12-8-6-7-11(9-12)26-15(16,17)18/h6-10,21H,4-5H2,1-3H3/t10-/m1/s1. The first-order chi connectivity index (χ1) is 12.6. The number of alkyl halides is 3. The minimum absolute atomic E-state index is 0.252. The Morgan fingerprint density at radius 3 is 2.56 bits per heavy atom. The summed E-state index contributed by atoms with van der Waals surface area (Å²) in [6.07, 6.45) is -4.92. The van der Waals surface area contributed by atoms with Crippen molar-refractivity contribution in [2.24, 2.45) is 0 Å². The van der Waals surface area contributed by atoms with Crippen LogP contribution in [0.4, 0.5) is 13.2 Å². The molecule has 8 nitrogen and oxygen atoms in total. The summed E-state index contributed by atoms with van der Waals surface area (Å²) >= 11 is 0. The van der Waals surface area contributed by atoms with E-state index in [1.807, 2.05) is 6.92 Å². The Balaban J connectivity index is 2.25. The maximum absolute atomic E-state index is 12.5. The lowest BCUT2D eigenvalue weighted by Crippen LogP contribution is -2.29. The van der Waals surface area contributed by atoms with E-state index < -0.39 is 28.2 Å². The van der Waals surface area contributed by atoms with E-state index in [0.717, 1.165) is 24.3 Å². The summed E-state index contributed by atoms with van der Waals surface area (Å²) in [5.41, 5.74) is 0. The van der Waals surface area contributed by atoms with E-state index in [9.17, 15) is 21.6 Å². The van der Waals surface area contributed by atoms with Gasteiger partial charge in [0, 0.05) is 12.6 Å². The third-order valence-corrected chi connectivity index (χ3v) is 4.94. The number of nitrogens with one attached hydrogen (secondary N) is 1. The number of sulfonamides is 1. The van der Waals surface area contributed by atoms with Crippen LogP contribution in [-0.4, -0.2) is 36.2 Å². The van der Waals surface area contributed by atoms with Gasteiger partial charge in [0.25, 0.3) is 0 Å². The van der Waals surface area contributed by atoms with E-state index in [4.69, 9.17) is 4.74 Å². The molecule has 12 heteroatoms. The number of benzene rings is 1. The van der Waals surface area contributed by atoms with Crippen LogP contribution in [0.15, 0.2) is 29.2 Å². The molecule has 1 aromatic carbocycles. The van der Waals surface area contributed by atoms with Crippen molar-refractivity contribution in [2.45, 2.75) is 44.6 Å². The molecule has 0 aliphatic heterocycles. The predicted molar refractivity (Wildman–Crippen MR) is 88.7 cm³/mol. The first kappa shape index (κ1) is 21.0. The van der Waals surface area contributed by atoms with Crippen molar-refractivity contribution in [2.75, 3.05) is 6.61 Å². The zero-order valence-corrected chi connectivity index (χ0v) is 15.6. The molecule has 0 saturated carbocycles. The zero-order chi connectivity index (χ0) is 20.2. The van der Waals surface area contributed by atoms with Crippen molar-refractivity contribution < 1.29 is 31.1 Å². The van der Waals surface area contributed by atoms with Crippen molar-refractivity contribution in [3.63, 3.8) is 0 Å². The molecule has 0 radical (unpaired) electrons. The van der Waals surface area contributed by atoms with Gasteiger partial charge in [0.05, 0.1) is 17.5 Å². The van der Waals surface area contributed by atoms with Crippen LogP contribution in [0, 0.1) is 0 Å². The average molecular weight is 408 g/mol. The fourth-order valence-electron chi connectivity index (χ4n) is 2.35. The molecule has 150 valence electrons. The Labute approximate surface area is 154 Å². The van der Waals surface area contributed by atoms with E-state index in [2.05, 4.69) is 19.7 Å². The molecule has 0 aliphatic carbocycles. The molecule has 27 heavy (non-hydrogen) atoms. The van der Waals surface area contributed by atoms with Crippen molar-refractivity contribution in [3.05, 3.63) is 30.1 Å². The lowest BCUT2D eigenvalue weighted by molar-refractivity contribution is -0.274. The number of ether oxygens (including phenoxy) is 2. The maximum Gasteiger partial charge on any atom is 0.573 e. The normalized spacial score (nSPS) is 13.4. The van der Waals surface area contributed by atoms with Gasteiger partial charge in [-0.15, -0.1) is 18.3 Å². The molecule has 1 aromatic heterocycles. The highest BCUT2D eigenvalue weighted by atomic mass is 32.2.